The van der Waals surface area contributed by atoms with Crippen molar-refractivity contribution in [3.8, 4) is 5.75 Å². The molecule has 0 aliphatic heterocycles. The lowest BCUT2D eigenvalue weighted by atomic mass is 10.3. The summed E-state index contributed by atoms with van der Waals surface area (Å²) in [5.74, 6) is 3.35. The Labute approximate surface area is 88.6 Å². The lowest BCUT2D eigenvalue weighted by Crippen LogP contribution is -2.19. The molecule has 0 saturated heterocycles. The molecule has 0 radical (unpaired) electrons. The first kappa shape index (κ1) is 13.8. The van der Waals surface area contributed by atoms with Crippen LogP contribution in [0.5, 0.6) is 5.75 Å². The number of nitrogens with two attached hydrogens (primary N) is 1. The van der Waals surface area contributed by atoms with Gasteiger partial charge in [-0.3, -0.25) is 5.84 Å². The highest BCUT2D eigenvalue weighted by molar-refractivity contribution is 5.85. The van der Waals surface area contributed by atoms with Gasteiger partial charge in [-0.25, -0.2) is 4.39 Å². The second kappa shape index (κ2) is 5.04. The SMILES string of the molecule is Cl.NNc1ccc(F)cc1OC(F)(F)F. The number of nitrogen functional groups attached to an aromatic ring is 1. The van der Waals surface area contributed by atoms with E-state index >= 15 is 0 Å². The molecular weight excluding hydrogens is 240 g/mol. The van der Waals surface area contributed by atoms with Crippen LogP contribution in [0.25, 0.3) is 0 Å². The van der Waals surface area contributed by atoms with Crippen LogP contribution in [0.4, 0.5) is 23.2 Å². The van der Waals surface area contributed by atoms with Crippen LogP contribution in [0.15, 0.2) is 18.2 Å². The smallest absolute Gasteiger partial charge is 0.403 e. The number of alkyl halides is 3. The fourth-order valence-corrected chi connectivity index (χ4v) is 0.825. The number of nitrogens with one attached hydrogen (secondary N) is 1. The molecule has 8 heteroatoms. The first-order valence-electron chi connectivity index (χ1n) is 3.44. The zero-order valence-electron chi connectivity index (χ0n) is 7.14. The van der Waals surface area contributed by atoms with Crippen LogP contribution in [-0.4, -0.2) is 6.36 Å². The summed E-state index contributed by atoms with van der Waals surface area (Å²) in [5.41, 5.74) is 1.80. The number of rotatable bonds is 2. The van der Waals surface area contributed by atoms with Gasteiger partial charge in [0.05, 0.1) is 5.69 Å². The minimum Gasteiger partial charge on any atom is -0.403 e. The minimum atomic E-state index is -4.88. The van der Waals surface area contributed by atoms with Gasteiger partial charge in [-0.1, -0.05) is 0 Å². The zero-order valence-corrected chi connectivity index (χ0v) is 7.95. The summed E-state index contributed by atoms with van der Waals surface area (Å²) >= 11 is 0. The van der Waals surface area contributed by atoms with E-state index in [9.17, 15) is 17.6 Å². The first-order chi connectivity index (χ1) is 6.42. The molecule has 0 atom stereocenters. The Bertz CT molecular complexity index is 331. The molecule has 86 valence electrons. The maximum atomic E-state index is 12.5. The fourth-order valence-electron chi connectivity index (χ4n) is 0.825. The predicted octanol–water partition coefficient (Wildman–Crippen LogP) is 2.43. The van der Waals surface area contributed by atoms with Gasteiger partial charge in [-0.05, 0) is 12.1 Å². The molecule has 0 heterocycles. The molecule has 0 spiro atoms. The highest BCUT2D eigenvalue weighted by Gasteiger charge is 2.32. The summed E-state index contributed by atoms with van der Waals surface area (Å²) in [4.78, 5) is 0. The van der Waals surface area contributed by atoms with Crippen molar-refractivity contribution < 1.29 is 22.3 Å². The number of anilines is 1. The number of halogens is 5. The van der Waals surface area contributed by atoms with Gasteiger partial charge in [0.2, 0.25) is 0 Å². The van der Waals surface area contributed by atoms with Gasteiger partial charge in [0.1, 0.15) is 5.82 Å². The van der Waals surface area contributed by atoms with E-state index in [2.05, 4.69) is 4.74 Å². The molecule has 0 bridgehead atoms. The van der Waals surface area contributed by atoms with E-state index in [4.69, 9.17) is 5.84 Å². The molecule has 15 heavy (non-hydrogen) atoms. The summed E-state index contributed by atoms with van der Waals surface area (Å²) in [6, 6.07) is 2.58. The normalized spacial score (nSPS) is 10.5. The molecule has 1 rings (SSSR count). The Balaban J connectivity index is 0.00000196. The summed E-state index contributed by atoms with van der Waals surface area (Å²) in [5, 5.41) is 0. The second-order valence-electron chi connectivity index (χ2n) is 2.33. The monoisotopic (exact) mass is 246 g/mol. The average Bonchev–Trinajstić information content (AvgIpc) is 2.01. The third-order valence-electron chi connectivity index (χ3n) is 1.32. The molecule has 3 nitrogen and oxygen atoms in total. The Morgan fingerprint density at radius 2 is 1.87 bits per heavy atom. The Kier molecular flexibility index (Phi) is 4.63. The lowest BCUT2D eigenvalue weighted by molar-refractivity contribution is -0.274. The van der Waals surface area contributed by atoms with Crippen molar-refractivity contribution in [3.63, 3.8) is 0 Å². The molecular formula is C7H7ClF4N2O. The quantitative estimate of drug-likeness (QED) is 0.479. The maximum absolute atomic E-state index is 12.5. The van der Waals surface area contributed by atoms with Crippen molar-refractivity contribution in [2.75, 3.05) is 5.43 Å². The van der Waals surface area contributed by atoms with Crippen LogP contribution in [0.1, 0.15) is 0 Å². The van der Waals surface area contributed by atoms with Gasteiger partial charge in [0.25, 0.3) is 0 Å². The number of hydrogen-bond acceptors (Lipinski definition) is 3. The topological polar surface area (TPSA) is 47.3 Å². The lowest BCUT2D eigenvalue weighted by Gasteiger charge is -2.12. The van der Waals surface area contributed by atoms with E-state index in [0.717, 1.165) is 12.1 Å². The van der Waals surface area contributed by atoms with Crippen molar-refractivity contribution in [1.29, 1.82) is 0 Å². The van der Waals surface area contributed by atoms with Gasteiger partial charge in [0.15, 0.2) is 5.75 Å². The molecule has 0 aliphatic rings. The standard InChI is InChI=1S/C7H6F4N2O.ClH/c8-4-1-2-5(13-12)6(3-4)14-7(9,10)11;/h1-3,13H,12H2;1H. The van der Waals surface area contributed by atoms with Crippen molar-refractivity contribution in [2.45, 2.75) is 6.36 Å². The summed E-state index contributed by atoms with van der Waals surface area (Å²) in [6.07, 6.45) is -4.88. The predicted molar refractivity (Wildman–Crippen MR) is 48.1 cm³/mol. The summed E-state index contributed by atoms with van der Waals surface area (Å²) in [6.45, 7) is 0. The fraction of sp³-hybridized carbons (Fsp3) is 0.143. The number of ether oxygens (including phenoxy) is 1. The van der Waals surface area contributed by atoms with E-state index < -0.39 is 17.9 Å². The van der Waals surface area contributed by atoms with E-state index in [1.165, 1.54) is 0 Å². The molecule has 0 unspecified atom stereocenters. The molecule has 0 saturated carbocycles. The third-order valence-corrected chi connectivity index (χ3v) is 1.32. The average molecular weight is 247 g/mol. The van der Waals surface area contributed by atoms with Crippen LogP contribution < -0.4 is 16.0 Å². The molecule has 1 aromatic rings. The van der Waals surface area contributed by atoms with Crippen LogP contribution in [0.3, 0.4) is 0 Å². The van der Waals surface area contributed by atoms with Crippen molar-refractivity contribution in [3.05, 3.63) is 24.0 Å². The molecule has 0 amide bonds. The largest absolute Gasteiger partial charge is 0.573 e. The number of hydrogen-bond donors (Lipinski definition) is 2. The van der Waals surface area contributed by atoms with E-state index in [1.54, 1.807) is 0 Å². The molecule has 1 aromatic carbocycles. The molecule has 3 N–H and O–H groups in total. The van der Waals surface area contributed by atoms with Gasteiger partial charge in [-0.2, -0.15) is 0 Å². The third kappa shape index (κ3) is 4.22. The van der Waals surface area contributed by atoms with Crippen LogP contribution in [0, 0.1) is 5.82 Å². The number of hydrazine groups is 1. The van der Waals surface area contributed by atoms with Crippen molar-refractivity contribution in [2.24, 2.45) is 5.84 Å². The number of benzene rings is 1. The Morgan fingerprint density at radius 1 is 1.27 bits per heavy atom. The summed E-state index contributed by atoms with van der Waals surface area (Å²) in [7, 11) is 0. The van der Waals surface area contributed by atoms with Gasteiger partial charge in [0, 0.05) is 6.07 Å². The van der Waals surface area contributed by atoms with Crippen molar-refractivity contribution >= 4 is 18.1 Å². The van der Waals surface area contributed by atoms with Crippen LogP contribution in [0.2, 0.25) is 0 Å². The first-order valence-corrected chi connectivity index (χ1v) is 3.44. The summed E-state index contributed by atoms with van der Waals surface area (Å²) < 4.78 is 51.4. The van der Waals surface area contributed by atoms with E-state index in [0.29, 0.717) is 6.07 Å². The Hall–Kier alpha value is -1.21. The van der Waals surface area contributed by atoms with Gasteiger partial charge < -0.3 is 10.2 Å². The van der Waals surface area contributed by atoms with Gasteiger partial charge >= 0.3 is 6.36 Å². The molecule has 0 aromatic heterocycles. The Morgan fingerprint density at radius 3 is 2.33 bits per heavy atom. The zero-order chi connectivity index (χ0) is 10.8. The van der Waals surface area contributed by atoms with Gasteiger partial charge in [-0.15, -0.1) is 25.6 Å². The van der Waals surface area contributed by atoms with Crippen LogP contribution >= 0.6 is 12.4 Å². The van der Waals surface area contributed by atoms with E-state index in [-0.39, 0.29) is 18.1 Å². The highest BCUT2D eigenvalue weighted by Crippen LogP contribution is 2.30. The van der Waals surface area contributed by atoms with E-state index in [1.807, 2.05) is 5.43 Å². The molecule has 0 aliphatic carbocycles. The second-order valence-corrected chi connectivity index (χ2v) is 2.33. The highest BCUT2D eigenvalue weighted by atomic mass is 35.5. The maximum Gasteiger partial charge on any atom is 0.573 e. The molecule has 0 fully saturated rings. The van der Waals surface area contributed by atoms with Crippen LogP contribution in [-0.2, 0) is 0 Å². The minimum absolute atomic E-state index is 0. The van der Waals surface area contributed by atoms with Crippen molar-refractivity contribution in [1.82, 2.24) is 0 Å².